The van der Waals surface area contributed by atoms with E-state index >= 15 is 0 Å². The van der Waals surface area contributed by atoms with Gasteiger partial charge in [0.15, 0.2) is 11.6 Å². The fraction of sp³-hybridized carbons (Fsp3) is 0.217. The molecule has 2 aromatic carbocycles. The molecule has 2 nitrogen and oxygen atoms in total. The lowest BCUT2D eigenvalue weighted by Gasteiger charge is -2.23. The second-order valence-electron chi connectivity index (χ2n) is 7.15. The van der Waals surface area contributed by atoms with Crippen molar-refractivity contribution in [1.82, 2.24) is 0 Å². The van der Waals surface area contributed by atoms with E-state index in [9.17, 15) is 9.59 Å². The van der Waals surface area contributed by atoms with Gasteiger partial charge in [0.05, 0.1) is 18.3 Å². The molecule has 0 saturated heterocycles. The molecule has 0 radical (unpaired) electrons. The zero-order valence-corrected chi connectivity index (χ0v) is 18.8. The predicted octanol–water partition coefficient (Wildman–Crippen LogP) is 6.70. The third-order valence-electron chi connectivity index (χ3n) is 5.27. The Balaban J connectivity index is 1.36. The highest BCUT2D eigenvalue weighted by Gasteiger charge is 2.37. The third-order valence-corrected chi connectivity index (χ3v) is 10.9. The molecular weight excluding hydrogens is 437 g/mol. The van der Waals surface area contributed by atoms with Gasteiger partial charge < -0.3 is 0 Å². The summed E-state index contributed by atoms with van der Waals surface area (Å²) in [5, 5.41) is 0. The molecule has 0 bridgehead atoms. The summed E-state index contributed by atoms with van der Waals surface area (Å²) < 4.78 is 3.37. The molecule has 0 atom stereocenters. The molecule has 29 heavy (non-hydrogen) atoms. The second-order valence-corrected chi connectivity index (χ2v) is 11.9. The fourth-order valence-corrected chi connectivity index (χ4v) is 9.80. The Bertz CT molecular complexity index is 995. The van der Waals surface area contributed by atoms with E-state index in [-0.39, 0.29) is 17.5 Å². The van der Waals surface area contributed by atoms with Gasteiger partial charge in [0.2, 0.25) is 0 Å². The van der Waals surface area contributed by atoms with E-state index in [2.05, 4.69) is 24.3 Å². The van der Waals surface area contributed by atoms with Crippen molar-refractivity contribution in [3.63, 3.8) is 0 Å². The molecule has 146 valence electrons. The largest absolute Gasteiger partial charge is 0.294 e. The average molecular weight is 455 g/mol. The predicted molar refractivity (Wildman–Crippen MR) is 127 cm³/mol. The van der Waals surface area contributed by atoms with Crippen molar-refractivity contribution in [3.05, 3.63) is 89.6 Å². The summed E-state index contributed by atoms with van der Waals surface area (Å²) in [5.74, 6) is 1.87. The minimum atomic E-state index is -0.00105. The van der Waals surface area contributed by atoms with Gasteiger partial charge in [0.25, 0.3) is 0 Å². The molecule has 6 heteroatoms. The first-order valence-corrected chi connectivity index (χ1v) is 13.1. The summed E-state index contributed by atoms with van der Waals surface area (Å²) in [4.78, 5) is 25.9. The van der Waals surface area contributed by atoms with Crippen molar-refractivity contribution < 1.29 is 9.59 Å². The van der Waals surface area contributed by atoms with E-state index in [1.165, 1.54) is 19.6 Å². The van der Waals surface area contributed by atoms with Crippen LogP contribution >= 0.6 is 47.0 Å². The maximum absolute atomic E-state index is 13.0. The number of thioether (sulfide) groups is 4. The average Bonchev–Trinajstić information content (AvgIpc) is 3.11. The Labute approximate surface area is 187 Å². The first-order chi connectivity index (χ1) is 14.2. The van der Waals surface area contributed by atoms with Crippen molar-refractivity contribution in [3.8, 4) is 0 Å². The number of ketones is 2. The summed E-state index contributed by atoms with van der Waals surface area (Å²) in [7, 11) is 0. The number of allylic oxidation sites excluding steroid dienone is 1. The summed E-state index contributed by atoms with van der Waals surface area (Å²) in [6, 6.07) is 18.5. The molecule has 0 aromatic heterocycles. The van der Waals surface area contributed by atoms with Crippen LogP contribution in [0.3, 0.4) is 0 Å². The van der Waals surface area contributed by atoms with Gasteiger partial charge in [-0.25, -0.2) is 0 Å². The standard InChI is InChI=1S/C23H18O2S4/c24-18-10-17(14-6-2-1-3-7-14)11-19(25)20(18)21-28-22-23(29-21)27-13-16-9-5-4-8-15(16)12-26-22/h1-9,17H,10-13H2. The van der Waals surface area contributed by atoms with Crippen LogP contribution in [0.2, 0.25) is 0 Å². The van der Waals surface area contributed by atoms with Crippen LogP contribution < -0.4 is 0 Å². The van der Waals surface area contributed by atoms with E-state index in [4.69, 9.17) is 0 Å². The number of carbonyl (C=O) groups excluding carboxylic acids is 2. The van der Waals surface area contributed by atoms with Crippen LogP contribution in [0.1, 0.15) is 35.4 Å². The molecule has 5 rings (SSSR count). The molecule has 0 amide bonds. The Kier molecular flexibility index (Phi) is 5.69. The lowest BCUT2D eigenvalue weighted by molar-refractivity contribution is -0.124. The molecule has 2 aromatic rings. The summed E-state index contributed by atoms with van der Waals surface area (Å²) in [6.45, 7) is 0. The third kappa shape index (κ3) is 4.00. The van der Waals surface area contributed by atoms with E-state index < -0.39 is 0 Å². The van der Waals surface area contributed by atoms with Gasteiger partial charge in [-0.3, -0.25) is 9.59 Å². The monoisotopic (exact) mass is 454 g/mol. The van der Waals surface area contributed by atoms with E-state index in [1.54, 1.807) is 23.5 Å². The van der Waals surface area contributed by atoms with E-state index in [1.807, 2.05) is 53.9 Å². The molecule has 1 aliphatic carbocycles. The van der Waals surface area contributed by atoms with Crippen molar-refractivity contribution >= 4 is 58.6 Å². The maximum atomic E-state index is 13.0. The Morgan fingerprint density at radius 3 is 1.72 bits per heavy atom. The summed E-state index contributed by atoms with van der Waals surface area (Å²) >= 11 is 6.90. The minimum Gasteiger partial charge on any atom is -0.294 e. The number of hydrogen-bond donors (Lipinski definition) is 0. The van der Waals surface area contributed by atoms with Gasteiger partial charge in [-0.1, -0.05) is 78.1 Å². The molecule has 0 N–H and O–H groups in total. The van der Waals surface area contributed by atoms with Crippen LogP contribution in [-0.2, 0) is 21.1 Å². The topological polar surface area (TPSA) is 34.1 Å². The molecular formula is C23H18O2S4. The van der Waals surface area contributed by atoms with Crippen LogP contribution in [0.15, 0.2) is 72.9 Å². The zero-order chi connectivity index (χ0) is 19.8. The Hall–Kier alpha value is -1.34. The van der Waals surface area contributed by atoms with Crippen molar-refractivity contribution in [2.24, 2.45) is 0 Å². The molecule has 2 aliphatic heterocycles. The first-order valence-electron chi connectivity index (χ1n) is 9.47. The molecule has 1 fully saturated rings. The van der Waals surface area contributed by atoms with Gasteiger partial charge >= 0.3 is 0 Å². The van der Waals surface area contributed by atoms with Crippen molar-refractivity contribution in [2.45, 2.75) is 30.3 Å². The summed E-state index contributed by atoms with van der Waals surface area (Å²) in [5.41, 5.74) is 4.27. The van der Waals surface area contributed by atoms with Crippen LogP contribution in [-0.4, -0.2) is 11.6 Å². The highest BCUT2D eigenvalue weighted by molar-refractivity contribution is 8.40. The lowest BCUT2D eigenvalue weighted by Crippen LogP contribution is -2.25. The highest BCUT2D eigenvalue weighted by Crippen LogP contribution is 2.60. The normalized spacial score (nSPS) is 22.3. The van der Waals surface area contributed by atoms with Gasteiger partial charge in [-0.05, 0) is 22.6 Å². The van der Waals surface area contributed by atoms with E-state index in [0.29, 0.717) is 18.4 Å². The van der Waals surface area contributed by atoms with Crippen LogP contribution in [0.5, 0.6) is 0 Å². The second kappa shape index (κ2) is 8.42. The smallest absolute Gasteiger partial charge is 0.168 e. The Morgan fingerprint density at radius 1 is 0.655 bits per heavy atom. The molecule has 3 aliphatic rings. The SMILES string of the molecule is O=C1CC(c2ccccc2)CC(=O)C1=C1SC2=C(SCc3ccccc3CS2)S1. The molecule has 1 saturated carbocycles. The molecule has 0 unspecified atom stereocenters. The van der Waals surface area contributed by atoms with Crippen LogP contribution in [0.4, 0.5) is 0 Å². The van der Waals surface area contributed by atoms with E-state index in [0.717, 1.165) is 21.3 Å². The van der Waals surface area contributed by atoms with Gasteiger partial charge in [-0.2, -0.15) is 0 Å². The van der Waals surface area contributed by atoms with Gasteiger partial charge in [0.1, 0.15) is 0 Å². The number of fused-ring (bicyclic) bond motifs is 1. The number of Topliss-reactive ketones (excluding diaryl/α,β-unsaturated/α-hetero) is 2. The number of benzene rings is 2. The maximum Gasteiger partial charge on any atom is 0.168 e. The Morgan fingerprint density at radius 2 is 1.17 bits per heavy atom. The first kappa shape index (κ1) is 19.6. The molecule has 2 heterocycles. The number of hydrogen-bond acceptors (Lipinski definition) is 6. The number of rotatable bonds is 1. The fourth-order valence-electron chi connectivity index (χ4n) is 3.75. The zero-order valence-electron chi connectivity index (χ0n) is 15.6. The quantitative estimate of drug-likeness (QED) is 0.352. The van der Waals surface area contributed by atoms with Crippen LogP contribution in [0.25, 0.3) is 0 Å². The van der Waals surface area contributed by atoms with Gasteiger partial charge in [-0.15, -0.1) is 23.5 Å². The van der Waals surface area contributed by atoms with Crippen molar-refractivity contribution in [1.29, 1.82) is 0 Å². The highest BCUT2D eigenvalue weighted by atomic mass is 32.3. The number of carbonyl (C=O) groups is 2. The van der Waals surface area contributed by atoms with Crippen LogP contribution in [0, 0.1) is 0 Å². The minimum absolute atomic E-state index is 0.00105. The molecule has 0 spiro atoms. The summed E-state index contributed by atoms with van der Waals surface area (Å²) in [6.07, 6.45) is 0.845. The van der Waals surface area contributed by atoms with Gasteiger partial charge in [0, 0.05) is 24.3 Å². The van der Waals surface area contributed by atoms with Crippen molar-refractivity contribution in [2.75, 3.05) is 0 Å². The lowest BCUT2D eigenvalue weighted by atomic mass is 9.80.